The van der Waals surface area contributed by atoms with Gasteiger partial charge in [0.2, 0.25) is 0 Å². The fourth-order valence-electron chi connectivity index (χ4n) is 3.31. The molecule has 1 aliphatic rings. The fraction of sp³-hybridized carbons (Fsp3) is 0.333. The van der Waals surface area contributed by atoms with Gasteiger partial charge in [-0.1, -0.05) is 60.5 Å². The van der Waals surface area contributed by atoms with Crippen molar-refractivity contribution in [2.24, 2.45) is 5.92 Å². The van der Waals surface area contributed by atoms with Crippen LogP contribution >= 0.6 is 23.2 Å². The molecule has 1 atom stereocenters. The average Bonchev–Trinajstić information content (AvgIpc) is 2.91. The molecule has 1 aliphatic carbocycles. The van der Waals surface area contributed by atoms with Gasteiger partial charge in [0.15, 0.2) is 0 Å². The smallest absolute Gasteiger partial charge is 0.0595 e. The lowest BCUT2D eigenvalue weighted by Crippen LogP contribution is -2.28. The normalized spacial score (nSPS) is 16.0. The van der Waals surface area contributed by atoms with Crippen molar-refractivity contribution in [2.75, 3.05) is 6.54 Å². The number of hydrogen-bond acceptors (Lipinski definition) is 1. The number of nitrogens with one attached hydrogen (secondary N) is 1. The quantitative estimate of drug-likeness (QED) is 0.830. The monoisotopic (exact) mass is 319 g/mol. The lowest BCUT2D eigenvalue weighted by Gasteiger charge is -2.25. The third kappa shape index (κ3) is 3.11. The molecule has 2 aromatic rings. The molecule has 110 valence electrons. The number of rotatable bonds is 4. The van der Waals surface area contributed by atoms with Gasteiger partial charge in [-0.05, 0) is 54.1 Å². The van der Waals surface area contributed by atoms with Gasteiger partial charge in [-0.2, -0.15) is 0 Å². The van der Waals surface area contributed by atoms with E-state index in [0.717, 1.165) is 19.4 Å². The Labute approximate surface area is 136 Å². The fourth-order valence-corrected chi connectivity index (χ4v) is 3.62. The van der Waals surface area contributed by atoms with E-state index in [1.54, 1.807) is 0 Å². The van der Waals surface area contributed by atoms with Crippen LogP contribution in [0.4, 0.5) is 0 Å². The number of hydrogen-bond donors (Lipinski definition) is 1. The van der Waals surface area contributed by atoms with E-state index >= 15 is 0 Å². The van der Waals surface area contributed by atoms with E-state index in [0.29, 0.717) is 22.0 Å². The summed E-state index contributed by atoms with van der Waals surface area (Å²) in [7, 11) is 0. The topological polar surface area (TPSA) is 12.0 Å². The Balaban J connectivity index is 1.87. The Morgan fingerprint density at radius 1 is 1.05 bits per heavy atom. The second-order valence-corrected chi connectivity index (χ2v) is 6.46. The van der Waals surface area contributed by atoms with Crippen LogP contribution in [0.5, 0.6) is 0 Å². The summed E-state index contributed by atoms with van der Waals surface area (Å²) >= 11 is 12.2. The standard InChI is InChI=1S/C18H19Cl2N/c1-2-21-18(14-7-8-16(19)17(20)11-14)15-9-12-5-3-4-6-13(12)10-15/h3-8,11,15,18,21H,2,9-10H2,1H3. The highest BCUT2D eigenvalue weighted by Crippen LogP contribution is 2.36. The van der Waals surface area contributed by atoms with Crippen LogP contribution in [-0.2, 0) is 12.8 Å². The van der Waals surface area contributed by atoms with Crippen LogP contribution in [0.25, 0.3) is 0 Å². The van der Waals surface area contributed by atoms with Crippen LogP contribution in [0.1, 0.15) is 29.7 Å². The molecule has 0 aliphatic heterocycles. The molecule has 21 heavy (non-hydrogen) atoms. The molecule has 0 fully saturated rings. The zero-order chi connectivity index (χ0) is 14.8. The Morgan fingerprint density at radius 2 is 1.71 bits per heavy atom. The Morgan fingerprint density at radius 3 is 2.29 bits per heavy atom. The summed E-state index contributed by atoms with van der Waals surface area (Å²) in [6.07, 6.45) is 2.24. The van der Waals surface area contributed by atoms with Gasteiger partial charge in [0.05, 0.1) is 10.0 Å². The summed E-state index contributed by atoms with van der Waals surface area (Å²) in [5, 5.41) is 4.87. The van der Waals surface area contributed by atoms with Gasteiger partial charge in [0.1, 0.15) is 0 Å². The third-order valence-electron chi connectivity index (χ3n) is 4.28. The van der Waals surface area contributed by atoms with Crippen LogP contribution in [-0.4, -0.2) is 6.54 Å². The molecular formula is C18H19Cl2N. The average molecular weight is 320 g/mol. The lowest BCUT2D eigenvalue weighted by molar-refractivity contribution is 0.380. The van der Waals surface area contributed by atoms with Crippen molar-refractivity contribution in [1.82, 2.24) is 5.32 Å². The number of fused-ring (bicyclic) bond motifs is 1. The van der Waals surface area contributed by atoms with Gasteiger partial charge >= 0.3 is 0 Å². The Bertz CT molecular complexity index is 614. The van der Waals surface area contributed by atoms with Crippen LogP contribution in [0.2, 0.25) is 10.0 Å². The van der Waals surface area contributed by atoms with Crippen molar-refractivity contribution in [3.8, 4) is 0 Å². The maximum Gasteiger partial charge on any atom is 0.0595 e. The predicted molar refractivity (Wildman–Crippen MR) is 90.2 cm³/mol. The van der Waals surface area contributed by atoms with E-state index in [9.17, 15) is 0 Å². The highest BCUT2D eigenvalue weighted by atomic mass is 35.5. The first-order chi connectivity index (χ1) is 10.2. The van der Waals surface area contributed by atoms with Gasteiger partial charge in [-0.15, -0.1) is 0 Å². The SMILES string of the molecule is CCNC(c1ccc(Cl)c(Cl)c1)C1Cc2ccccc2C1. The van der Waals surface area contributed by atoms with Crippen LogP contribution in [0.3, 0.4) is 0 Å². The molecule has 0 amide bonds. The molecule has 0 radical (unpaired) electrons. The maximum absolute atomic E-state index is 6.19. The molecule has 1 N–H and O–H groups in total. The van der Waals surface area contributed by atoms with Crippen molar-refractivity contribution in [2.45, 2.75) is 25.8 Å². The lowest BCUT2D eigenvalue weighted by atomic mass is 9.90. The van der Waals surface area contributed by atoms with E-state index < -0.39 is 0 Å². The number of benzene rings is 2. The molecule has 1 unspecified atom stereocenters. The minimum absolute atomic E-state index is 0.317. The molecule has 0 aromatic heterocycles. The van der Waals surface area contributed by atoms with Gasteiger partial charge in [-0.3, -0.25) is 0 Å². The zero-order valence-electron chi connectivity index (χ0n) is 12.1. The molecule has 0 saturated heterocycles. The van der Waals surface area contributed by atoms with Crippen molar-refractivity contribution >= 4 is 23.2 Å². The van der Waals surface area contributed by atoms with E-state index in [1.165, 1.54) is 16.7 Å². The summed E-state index contributed by atoms with van der Waals surface area (Å²) in [6, 6.07) is 15.0. The van der Waals surface area contributed by atoms with Crippen molar-refractivity contribution < 1.29 is 0 Å². The highest BCUT2D eigenvalue weighted by Gasteiger charge is 2.29. The van der Waals surface area contributed by atoms with Crippen molar-refractivity contribution in [3.05, 3.63) is 69.2 Å². The summed E-state index contributed by atoms with van der Waals surface area (Å²) < 4.78 is 0. The minimum Gasteiger partial charge on any atom is -0.310 e. The molecule has 3 rings (SSSR count). The molecule has 0 saturated carbocycles. The molecule has 3 heteroatoms. The van der Waals surface area contributed by atoms with Gasteiger partial charge in [0, 0.05) is 6.04 Å². The first kappa shape index (κ1) is 14.9. The van der Waals surface area contributed by atoms with Crippen molar-refractivity contribution in [1.29, 1.82) is 0 Å². The summed E-state index contributed by atoms with van der Waals surface area (Å²) in [5.74, 6) is 0.569. The second kappa shape index (κ2) is 6.39. The van der Waals surface area contributed by atoms with E-state index in [1.807, 2.05) is 12.1 Å². The molecular weight excluding hydrogens is 301 g/mol. The summed E-state index contributed by atoms with van der Waals surface area (Å²) in [5.41, 5.74) is 4.18. The first-order valence-corrected chi connectivity index (χ1v) is 8.19. The Kier molecular flexibility index (Phi) is 4.54. The Hall–Kier alpha value is -1.02. The molecule has 2 aromatic carbocycles. The first-order valence-electron chi connectivity index (χ1n) is 7.44. The predicted octanol–water partition coefficient (Wildman–Crippen LogP) is 5.06. The maximum atomic E-state index is 6.19. The summed E-state index contributed by atoms with van der Waals surface area (Å²) in [4.78, 5) is 0. The van der Waals surface area contributed by atoms with Gasteiger partial charge in [0.25, 0.3) is 0 Å². The molecule has 1 nitrogen and oxygen atoms in total. The highest BCUT2D eigenvalue weighted by molar-refractivity contribution is 6.42. The molecule has 0 heterocycles. The third-order valence-corrected chi connectivity index (χ3v) is 5.02. The van der Waals surface area contributed by atoms with Crippen LogP contribution in [0.15, 0.2) is 42.5 Å². The summed E-state index contributed by atoms with van der Waals surface area (Å²) in [6.45, 7) is 3.09. The van der Waals surface area contributed by atoms with Crippen molar-refractivity contribution in [3.63, 3.8) is 0 Å². The van der Waals surface area contributed by atoms with E-state index in [2.05, 4.69) is 42.6 Å². The molecule has 0 spiro atoms. The van der Waals surface area contributed by atoms with E-state index in [4.69, 9.17) is 23.2 Å². The zero-order valence-corrected chi connectivity index (χ0v) is 13.6. The van der Waals surface area contributed by atoms with Gasteiger partial charge < -0.3 is 5.32 Å². The largest absolute Gasteiger partial charge is 0.310 e. The molecule has 0 bridgehead atoms. The van der Waals surface area contributed by atoms with Gasteiger partial charge in [-0.25, -0.2) is 0 Å². The number of halogens is 2. The second-order valence-electron chi connectivity index (χ2n) is 5.65. The minimum atomic E-state index is 0.317. The van der Waals surface area contributed by atoms with E-state index in [-0.39, 0.29) is 0 Å². The van der Waals surface area contributed by atoms with Crippen LogP contribution in [0, 0.1) is 5.92 Å². The van der Waals surface area contributed by atoms with Crippen LogP contribution < -0.4 is 5.32 Å².